The van der Waals surface area contributed by atoms with Gasteiger partial charge in [0.05, 0.1) is 32.2 Å². The van der Waals surface area contributed by atoms with E-state index in [-0.39, 0.29) is 6.61 Å². The summed E-state index contributed by atoms with van der Waals surface area (Å²) in [4.78, 5) is 4.67. The summed E-state index contributed by atoms with van der Waals surface area (Å²) in [7, 11) is 3.23. The molecule has 0 saturated carbocycles. The highest BCUT2D eigenvalue weighted by molar-refractivity contribution is 5.73. The molecule has 2 heterocycles. The number of hydrogen-bond donors (Lipinski definition) is 1. The highest BCUT2D eigenvalue weighted by atomic mass is 16.5. The van der Waals surface area contributed by atoms with Crippen molar-refractivity contribution in [3.05, 3.63) is 47.8 Å². The van der Waals surface area contributed by atoms with Crippen LogP contribution in [-0.2, 0) is 6.61 Å². The van der Waals surface area contributed by atoms with Crippen molar-refractivity contribution in [3.8, 4) is 22.8 Å². The first kappa shape index (κ1) is 14.4. The van der Waals surface area contributed by atoms with Crippen molar-refractivity contribution in [1.82, 2.24) is 9.38 Å². The molecule has 22 heavy (non-hydrogen) atoms. The zero-order valence-electron chi connectivity index (χ0n) is 12.8. The van der Waals surface area contributed by atoms with Crippen LogP contribution in [0.5, 0.6) is 11.5 Å². The van der Waals surface area contributed by atoms with Crippen LogP contribution in [0.2, 0.25) is 0 Å². The lowest BCUT2D eigenvalue weighted by molar-refractivity contribution is 0.276. The Morgan fingerprint density at radius 3 is 2.64 bits per heavy atom. The van der Waals surface area contributed by atoms with Gasteiger partial charge in [0, 0.05) is 11.8 Å². The van der Waals surface area contributed by atoms with Crippen LogP contribution in [0.25, 0.3) is 16.9 Å². The third kappa shape index (κ3) is 2.29. The number of aryl methyl sites for hydroxylation is 1. The Bertz CT molecular complexity index is 824. The van der Waals surface area contributed by atoms with Crippen LogP contribution in [0, 0.1) is 6.92 Å². The average Bonchev–Trinajstić information content (AvgIpc) is 2.91. The lowest BCUT2D eigenvalue weighted by Gasteiger charge is -2.10. The van der Waals surface area contributed by atoms with E-state index in [1.54, 1.807) is 14.2 Å². The lowest BCUT2D eigenvalue weighted by atomic mass is 10.1. The van der Waals surface area contributed by atoms with E-state index in [2.05, 4.69) is 4.98 Å². The molecule has 5 heteroatoms. The Morgan fingerprint density at radius 1 is 1.14 bits per heavy atom. The minimum atomic E-state index is -0.111. The fraction of sp³-hybridized carbons (Fsp3) is 0.235. The van der Waals surface area contributed by atoms with Gasteiger partial charge in [0.15, 0.2) is 0 Å². The summed E-state index contributed by atoms with van der Waals surface area (Å²) in [6.45, 7) is 1.90. The van der Waals surface area contributed by atoms with E-state index in [1.807, 2.05) is 47.9 Å². The van der Waals surface area contributed by atoms with E-state index in [0.717, 1.165) is 22.5 Å². The molecule has 3 aromatic rings. The molecule has 0 bridgehead atoms. The fourth-order valence-electron chi connectivity index (χ4n) is 2.56. The van der Waals surface area contributed by atoms with Crippen LogP contribution in [0.4, 0.5) is 0 Å². The van der Waals surface area contributed by atoms with Gasteiger partial charge in [-0.25, -0.2) is 4.98 Å². The molecular formula is C17H18N2O3. The Labute approximate surface area is 128 Å². The molecule has 0 atom stereocenters. The normalized spacial score (nSPS) is 10.9. The molecule has 114 valence electrons. The molecule has 1 aromatic carbocycles. The highest BCUT2D eigenvalue weighted by Gasteiger charge is 2.17. The molecule has 1 N–H and O–H groups in total. The SMILES string of the molecule is COc1ccc(OC)c(-c2nc3cc(C)ccn3c2CO)c1. The molecule has 0 radical (unpaired) electrons. The summed E-state index contributed by atoms with van der Waals surface area (Å²) in [6.07, 6.45) is 1.92. The number of nitrogens with zero attached hydrogens (tertiary/aromatic N) is 2. The maximum absolute atomic E-state index is 9.79. The smallest absolute Gasteiger partial charge is 0.138 e. The van der Waals surface area contributed by atoms with Gasteiger partial charge >= 0.3 is 0 Å². The maximum atomic E-state index is 9.79. The van der Waals surface area contributed by atoms with Gasteiger partial charge in [-0.2, -0.15) is 0 Å². The van der Waals surface area contributed by atoms with Crippen molar-refractivity contribution in [1.29, 1.82) is 0 Å². The standard InChI is InChI=1S/C17H18N2O3/c1-11-6-7-19-14(10-20)17(18-16(19)8-11)13-9-12(21-2)4-5-15(13)22-3/h4-9,20H,10H2,1-3H3. The number of aliphatic hydroxyl groups excluding tert-OH is 1. The maximum Gasteiger partial charge on any atom is 0.138 e. The monoisotopic (exact) mass is 298 g/mol. The van der Waals surface area contributed by atoms with E-state index >= 15 is 0 Å². The van der Waals surface area contributed by atoms with Gasteiger partial charge in [0.1, 0.15) is 17.1 Å². The third-order valence-electron chi connectivity index (χ3n) is 3.69. The Balaban J connectivity index is 2.29. The number of aromatic nitrogens is 2. The van der Waals surface area contributed by atoms with Crippen LogP contribution in [0.15, 0.2) is 36.5 Å². The summed E-state index contributed by atoms with van der Waals surface area (Å²) < 4.78 is 12.6. The molecule has 2 aromatic heterocycles. The molecule has 0 unspecified atom stereocenters. The molecular weight excluding hydrogens is 280 g/mol. The minimum absolute atomic E-state index is 0.111. The van der Waals surface area contributed by atoms with Gasteiger partial charge in [0.2, 0.25) is 0 Å². The van der Waals surface area contributed by atoms with Crippen molar-refractivity contribution >= 4 is 5.65 Å². The van der Waals surface area contributed by atoms with Gasteiger partial charge < -0.3 is 19.0 Å². The molecule has 0 saturated heterocycles. The predicted molar refractivity (Wildman–Crippen MR) is 84.4 cm³/mol. The first-order valence-electron chi connectivity index (χ1n) is 6.98. The van der Waals surface area contributed by atoms with Crippen molar-refractivity contribution in [2.75, 3.05) is 14.2 Å². The first-order valence-corrected chi connectivity index (χ1v) is 6.98. The summed E-state index contributed by atoms with van der Waals surface area (Å²) in [5.74, 6) is 1.41. The number of methoxy groups -OCH3 is 2. The number of hydrogen-bond acceptors (Lipinski definition) is 4. The first-order chi connectivity index (χ1) is 10.7. The van der Waals surface area contributed by atoms with Gasteiger partial charge in [-0.3, -0.25) is 0 Å². The molecule has 0 fully saturated rings. The summed E-state index contributed by atoms with van der Waals surface area (Å²) in [5.41, 5.74) is 4.13. The number of ether oxygens (including phenoxy) is 2. The van der Waals surface area contributed by atoms with E-state index in [9.17, 15) is 5.11 Å². The van der Waals surface area contributed by atoms with Gasteiger partial charge in [-0.1, -0.05) is 0 Å². The molecule has 0 amide bonds. The molecule has 5 nitrogen and oxygen atoms in total. The Hall–Kier alpha value is -2.53. The van der Waals surface area contributed by atoms with Crippen molar-refractivity contribution in [2.24, 2.45) is 0 Å². The highest BCUT2D eigenvalue weighted by Crippen LogP contribution is 2.35. The second-order valence-electron chi connectivity index (χ2n) is 5.06. The molecule has 3 rings (SSSR count). The second-order valence-corrected chi connectivity index (χ2v) is 5.06. The molecule has 0 aliphatic carbocycles. The van der Waals surface area contributed by atoms with Gasteiger partial charge in [0.25, 0.3) is 0 Å². The zero-order chi connectivity index (χ0) is 15.7. The minimum Gasteiger partial charge on any atom is -0.497 e. The number of imidazole rings is 1. The fourth-order valence-corrected chi connectivity index (χ4v) is 2.56. The van der Waals surface area contributed by atoms with Crippen LogP contribution >= 0.6 is 0 Å². The van der Waals surface area contributed by atoms with Crippen LogP contribution in [-0.4, -0.2) is 28.7 Å². The number of rotatable bonds is 4. The van der Waals surface area contributed by atoms with E-state index in [1.165, 1.54) is 0 Å². The van der Waals surface area contributed by atoms with E-state index in [4.69, 9.17) is 9.47 Å². The number of pyridine rings is 1. The summed E-state index contributed by atoms with van der Waals surface area (Å²) in [6, 6.07) is 9.51. The van der Waals surface area contributed by atoms with Crippen LogP contribution in [0.3, 0.4) is 0 Å². The van der Waals surface area contributed by atoms with Gasteiger partial charge in [-0.05, 0) is 42.8 Å². The van der Waals surface area contributed by atoms with E-state index in [0.29, 0.717) is 17.2 Å². The summed E-state index contributed by atoms with van der Waals surface area (Å²) >= 11 is 0. The van der Waals surface area contributed by atoms with Gasteiger partial charge in [-0.15, -0.1) is 0 Å². The summed E-state index contributed by atoms with van der Waals surface area (Å²) in [5, 5.41) is 9.79. The number of aliphatic hydroxyl groups is 1. The topological polar surface area (TPSA) is 56.0 Å². The third-order valence-corrected chi connectivity index (χ3v) is 3.69. The van der Waals surface area contributed by atoms with Crippen molar-refractivity contribution in [2.45, 2.75) is 13.5 Å². The zero-order valence-corrected chi connectivity index (χ0v) is 12.8. The molecule has 0 aliphatic heterocycles. The number of fused-ring (bicyclic) bond motifs is 1. The molecule has 0 spiro atoms. The lowest BCUT2D eigenvalue weighted by Crippen LogP contribution is -1.96. The second kappa shape index (κ2) is 5.69. The largest absolute Gasteiger partial charge is 0.497 e. The Morgan fingerprint density at radius 2 is 1.95 bits per heavy atom. The average molecular weight is 298 g/mol. The van der Waals surface area contributed by atoms with Crippen molar-refractivity contribution < 1.29 is 14.6 Å². The Kier molecular flexibility index (Phi) is 3.73. The van der Waals surface area contributed by atoms with Crippen molar-refractivity contribution in [3.63, 3.8) is 0 Å². The predicted octanol–water partition coefficient (Wildman–Crippen LogP) is 2.82. The van der Waals surface area contributed by atoms with Crippen LogP contribution < -0.4 is 9.47 Å². The molecule has 0 aliphatic rings. The van der Waals surface area contributed by atoms with Crippen LogP contribution in [0.1, 0.15) is 11.3 Å². The number of benzene rings is 1. The quantitative estimate of drug-likeness (QED) is 0.804. The van der Waals surface area contributed by atoms with E-state index < -0.39 is 0 Å².